The highest BCUT2D eigenvalue weighted by Crippen LogP contribution is 2.66. The first-order valence-corrected chi connectivity index (χ1v) is 33.0. The number of methoxy groups -OCH3 is 2. The Labute approximate surface area is 563 Å². The molecule has 12 rings (SSSR count). The number of phenolic OH excluding ortho intramolecular Hbond substituents is 4. The number of ketones is 6. The number of hydrogen-bond donors (Lipinski definition) is 10. The fourth-order valence-electron chi connectivity index (χ4n) is 17.7. The predicted octanol–water partition coefficient (Wildman–Crippen LogP) is 0.273. The SMILES string of the molecule is CC[C@@]1(OC2CC(OC)C(O)C(C)O2)[C@H](OC2CC(O)C(N(C)C)C(C)O2)C2=C(C(=O)[C@@H]1[C@H]1C(=O)C3=C(C([NH+]=[N-])c4c(O)c5c(c(O)c43)C(=O)C=CC5=O)[C@@H](O[C@H]3CC(O)[C@H](N(C)C)C(C)O3)[C@@]1(CC)OC1CC(OC)C(O)C(C)O1)c1c(O)c3c(c(O)c1C2[NH+]=[N-])C(=O)C=CC3=O. The van der Waals surface area contributed by atoms with Crippen LogP contribution in [0.15, 0.2) is 35.5 Å². The van der Waals surface area contributed by atoms with E-state index in [1.165, 1.54) is 41.9 Å². The number of hydrogen-bond acceptors (Lipinski definition) is 26. The van der Waals surface area contributed by atoms with Crippen molar-refractivity contribution >= 4 is 45.8 Å². The van der Waals surface area contributed by atoms with Gasteiger partial charge in [-0.15, -0.1) is 0 Å². The van der Waals surface area contributed by atoms with Gasteiger partial charge in [0.25, 0.3) is 0 Å². The molecule has 10 N–H and O–H groups in total. The number of fused-ring (bicyclic) bond motifs is 6. The number of aromatic hydroxyl groups is 4. The van der Waals surface area contributed by atoms with Gasteiger partial charge in [0.15, 0.2) is 71.9 Å². The number of likely N-dealkylation sites (N-methyl/N-ethyl adjacent to an activating group) is 2. The van der Waals surface area contributed by atoms with Gasteiger partial charge in [0.05, 0.1) is 106 Å². The largest absolute Gasteiger partial charge is 0.508 e. The molecule has 2 aromatic rings. The number of nitrogens with one attached hydrogen (secondary N) is 2. The lowest BCUT2D eigenvalue weighted by atomic mass is 9.54. The molecule has 30 nitrogen and oxygen atoms in total. The number of ether oxygens (including phenoxy) is 10. The quantitative estimate of drug-likeness (QED) is 0.0751. The molecule has 6 aliphatic carbocycles. The topological polar surface area (TPSA) is 436 Å². The van der Waals surface area contributed by atoms with Crippen LogP contribution in [0.4, 0.5) is 0 Å². The first-order chi connectivity index (χ1) is 46.4. The number of Topliss-reactive ketones (excluding diaryl/α,β-unsaturated/α-hetero) is 2. The van der Waals surface area contributed by atoms with Crippen molar-refractivity contribution in [3.8, 4) is 23.0 Å². The zero-order valence-electron chi connectivity index (χ0n) is 56.2. The molecule has 0 aromatic heterocycles. The minimum atomic E-state index is -2.61. The summed E-state index contributed by atoms with van der Waals surface area (Å²) in [6.07, 6.45) is -20.5. The summed E-state index contributed by atoms with van der Waals surface area (Å²) in [4.78, 5) is 95.5. The Hall–Kier alpha value is -6.82. The summed E-state index contributed by atoms with van der Waals surface area (Å²) >= 11 is 0. The maximum atomic E-state index is 17.9. The molecule has 24 atom stereocenters. The van der Waals surface area contributed by atoms with E-state index >= 15 is 9.59 Å². The zero-order chi connectivity index (χ0) is 71.1. The molecular weight excluding hydrogens is 1280 g/mol. The van der Waals surface area contributed by atoms with E-state index in [0.717, 1.165) is 24.3 Å². The van der Waals surface area contributed by atoms with Crippen LogP contribution in [-0.4, -0.2) is 249 Å². The van der Waals surface area contributed by atoms with Gasteiger partial charge in [0, 0.05) is 73.3 Å². The Balaban J connectivity index is 1.22. The Morgan fingerprint density at radius 2 is 0.806 bits per heavy atom. The van der Waals surface area contributed by atoms with Crippen molar-refractivity contribution in [1.82, 2.24) is 9.80 Å². The van der Waals surface area contributed by atoms with Gasteiger partial charge in [-0.25, -0.2) is 0 Å². The molecule has 530 valence electrons. The Kier molecular flexibility index (Phi) is 19.0. The van der Waals surface area contributed by atoms with Crippen LogP contribution >= 0.6 is 0 Å². The van der Waals surface area contributed by atoms with Crippen LogP contribution in [0.1, 0.15) is 156 Å². The summed E-state index contributed by atoms with van der Waals surface area (Å²) in [6.45, 7) is 9.44. The number of benzene rings is 2. The highest BCUT2D eigenvalue weighted by Gasteiger charge is 2.73. The van der Waals surface area contributed by atoms with E-state index in [2.05, 4.69) is 10.2 Å². The summed E-state index contributed by atoms with van der Waals surface area (Å²) in [6, 6.07) is -5.17. The van der Waals surface area contributed by atoms with Crippen molar-refractivity contribution in [3.05, 3.63) is 91.0 Å². The fraction of sp³-hybridized carbons (Fsp3) is 0.618. The van der Waals surface area contributed by atoms with E-state index in [1.807, 2.05) is 0 Å². The van der Waals surface area contributed by atoms with Crippen LogP contribution in [0.25, 0.3) is 22.2 Å². The lowest BCUT2D eigenvalue weighted by Crippen LogP contribution is -2.74. The van der Waals surface area contributed by atoms with Gasteiger partial charge in [-0.05, 0) is 93.0 Å². The van der Waals surface area contributed by atoms with E-state index < -0.39 is 272 Å². The first kappa shape index (κ1) is 71.0. The minimum absolute atomic E-state index is 0.329. The Bertz CT molecular complexity index is 3560. The van der Waals surface area contributed by atoms with Gasteiger partial charge in [-0.3, -0.25) is 28.8 Å². The standard InChI is InChI=1S/C68H84N6O24/c1-13-67(97-37-21-33(89-11)57(81)25(5)93-37)51(63(87)45-43-47(61(85)41-29(77)17-15-27(75)39(41)59(43)83)53(71-69)49(45)65(67)95-35-19-31(79)55(73(7)8)23(3)91-35)52-64(88)46-44-48(62(86)42-30(78)18-16-28(76)40(42)60(44)84)54(72-70)50(46)66(96-36-20-32(80)56(74(9)10)24(4)92-36)68(52,14-2)98-38-22-34(90-12)58(82)26(6)94-38/h15-18,23-26,31-38,51-58,65-66,71-72,79-86H,13-14,19-22H2,1-12H3/t23?,24?,25?,26?,31?,32?,33?,34?,35-,36?,37?,38?,51-,52-,53?,54?,55+,56?,57?,58?,65+,66+,67-,68-/m0/s1. The summed E-state index contributed by atoms with van der Waals surface area (Å²) in [7, 11) is 9.54. The van der Waals surface area contributed by atoms with Gasteiger partial charge in [-0.2, -0.15) is 0 Å². The highest BCUT2D eigenvalue weighted by molar-refractivity contribution is 6.34. The molecule has 10 aliphatic rings. The van der Waals surface area contributed by atoms with Crippen molar-refractivity contribution < 1.29 is 127 Å². The van der Waals surface area contributed by atoms with Gasteiger partial charge < -0.3 is 119 Å². The molecule has 0 amide bonds. The van der Waals surface area contributed by atoms with Crippen LogP contribution < -0.4 is 10.2 Å². The number of nitrogens with zero attached hydrogens (tertiary/aromatic N) is 4. The van der Waals surface area contributed by atoms with Gasteiger partial charge in [0.1, 0.15) is 58.6 Å². The molecule has 2 aromatic carbocycles. The van der Waals surface area contributed by atoms with E-state index in [1.54, 1.807) is 51.8 Å². The second-order valence-electron chi connectivity index (χ2n) is 27.5. The molecular formula is C68H84N6O24. The molecule has 4 fully saturated rings. The van der Waals surface area contributed by atoms with Crippen molar-refractivity contribution in [2.24, 2.45) is 11.8 Å². The maximum absolute atomic E-state index is 17.9. The molecule has 30 heteroatoms. The number of phenols is 4. The second-order valence-corrected chi connectivity index (χ2v) is 27.5. The molecule has 0 spiro atoms. The smallest absolute Gasteiger partial charge is 0.195 e. The van der Waals surface area contributed by atoms with Crippen LogP contribution in [0.5, 0.6) is 23.0 Å². The lowest BCUT2D eigenvalue weighted by molar-refractivity contribution is -0.523. The van der Waals surface area contributed by atoms with Crippen molar-refractivity contribution in [3.63, 3.8) is 0 Å². The van der Waals surface area contributed by atoms with Crippen LogP contribution in [0.2, 0.25) is 0 Å². The Morgan fingerprint density at radius 3 is 1.09 bits per heavy atom. The fourth-order valence-corrected chi connectivity index (χ4v) is 17.7. The lowest BCUT2D eigenvalue weighted by Gasteiger charge is -2.58. The molecule has 4 heterocycles. The van der Waals surface area contributed by atoms with Gasteiger partial charge >= 0.3 is 0 Å². The number of allylic oxidation sites excluding steroid dienone is 6. The van der Waals surface area contributed by atoms with E-state index in [-0.39, 0.29) is 36.8 Å². The van der Waals surface area contributed by atoms with Crippen LogP contribution in [-0.2, 0) is 57.0 Å². The summed E-state index contributed by atoms with van der Waals surface area (Å²) in [5.41, 5.74) is 11.1. The van der Waals surface area contributed by atoms with E-state index in [4.69, 9.17) is 47.4 Å². The Morgan fingerprint density at radius 1 is 0.490 bits per heavy atom. The molecule has 0 saturated carbocycles. The number of aliphatic hydroxyl groups excluding tert-OH is 4. The van der Waals surface area contributed by atoms with Gasteiger partial charge in [-0.1, -0.05) is 13.8 Å². The maximum Gasteiger partial charge on any atom is 0.195 e. The van der Waals surface area contributed by atoms with Crippen molar-refractivity contribution in [1.29, 1.82) is 0 Å². The molecule has 4 saturated heterocycles. The molecule has 0 radical (unpaired) electrons. The number of carbonyl (C=O) groups excluding carboxylic acids is 6. The third kappa shape index (κ3) is 10.6. The minimum Gasteiger partial charge on any atom is -0.508 e. The third-order valence-corrected chi connectivity index (χ3v) is 22.0. The highest BCUT2D eigenvalue weighted by atomic mass is 16.7. The second kappa shape index (κ2) is 26.3. The van der Waals surface area contributed by atoms with Gasteiger partial charge in [0.2, 0.25) is 0 Å². The molecule has 0 bridgehead atoms. The van der Waals surface area contributed by atoms with Crippen molar-refractivity contribution in [2.45, 2.75) is 214 Å². The van der Waals surface area contributed by atoms with Crippen LogP contribution in [0.3, 0.4) is 0 Å². The predicted molar refractivity (Wildman–Crippen MR) is 334 cm³/mol. The van der Waals surface area contributed by atoms with Crippen molar-refractivity contribution in [2.75, 3.05) is 42.4 Å². The summed E-state index contributed by atoms with van der Waals surface area (Å²) < 4.78 is 67.8. The molecule has 16 unspecified atom stereocenters. The summed E-state index contributed by atoms with van der Waals surface area (Å²) in [5, 5.41) is 103. The normalized spacial score (nSPS) is 39.1. The van der Waals surface area contributed by atoms with Crippen LogP contribution in [0, 0.1) is 11.8 Å². The number of rotatable bonds is 17. The average molecular weight is 1370 g/mol. The summed E-state index contributed by atoms with van der Waals surface area (Å²) in [5.74, 6) is -15.0. The first-order valence-electron chi connectivity index (χ1n) is 33.0. The molecule has 98 heavy (non-hydrogen) atoms. The third-order valence-electron chi connectivity index (χ3n) is 22.0. The van der Waals surface area contributed by atoms with E-state index in [0.29, 0.717) is 0 Å². The van der Waals surface area contributed by atoms with E-state index in [9.17, 15) is 71.1 Å². The average Bonchev–Trinajstić information content (AvgIpc) is 1.41. The molecule has 4 aliphatic heterocycles. The number of aliphatic hydroxyl groups is 4. The monoisotopic (exact) mass is 1370 g/mol. The number of carbonyl (C=O) groups is 6. The zero-order valence-corrected chi connectivity index (χ0v) is 56.2.